The molecular formula is C31H62N2O4. The molecule has 220 valence electrons. The Morgan fingerprint density at radius 1 is 0.541 bits per heavy atom. The minimum atomic E-state index is -0.714. The fraction of sp³-hybridized carbons (Fsp3) is 0.935. The molecule has 37 heavy (non-hydrogen) atoms. The number of nitrogens with zero attached hydrogens (tertiary/aromatic N) is 2. The molecule has 0 amide bonds. The van der Waals surface area contributed by atoms with Crippen LogP contribution in [0.2, 0.25) is 0 Å². The van der Waals surface area contributed by atoms with Crippen LogP contribution in [0, 0.1) is 0 Å². The van der Waals surface area contributed by atoms with E-state index in [0.717, 1.165) is 58.4 Å². The summed E-state index contributed by atoms with van der Waals surface area (Å²) in [6.07, 6.45) is 24.1. The lowest BCUT2D eigenvalue weighted by Crippen LogP contribution is -2.39. The highest BCUT2D eigenvalue weighted by Crippen LogP contribution is 2.11. The molecule has 0 aromatic carbocycles. The summed E-state index contributed by atoms with van der Waals surface area (Å²) in [6, 6.07) is 0. The Kier molecular flexibility index (Phi) is 27.0. The Labute approximate surface area is 229 Å². The van der Waals surface area contributed by atoms with Crippen molar-refractivity contribution < 1.29 is 19.4 Å². The zero-order chi connectivity index (χ0) is 27.4. The molecule has 0 rings (SSSR count). The van der Waals surface area contributed by atoms with Gasteiger partial charge in [-0.2, -0.15) is 0 Å². The zero-order valence-corrected chi connectivity index (χ0v) is 25.0. The van der Waals surface area contributed by atoms with Gasteiger partial charge in [0, 0.05) is 19.5 Å². The fourth-order valence-corrected chi connectivity index (χ4v) is 4.90. The summed E-state index contributed by atoms with van der Waals surface area (Å²) >= 11 is 0. The molecule has 0 radical (unpaired) electrons. The van der Waals surface area contributed by atoms with E-state index in [1.807, 2.05) is 0 Å². The number of carbonyl (C=O) groups is 2. The van der Waals surface area contributed by atoms with Gasteiger partial charge in [-0.3, -0.25) is 14.5 Å². The molecule has 0 atom stereocenters. The van der Waals surface area contributed by atoms with Gasteiger partial charge in [-0.25, -0.2) is 0 Å². The molecule has 6 nitrogen and oxygen atoms in total. The van der Waals surface area contributed by atoms with E-state index in [0.29, 0.717) is 6.42 Å². The molecular weight excluding hydrogens is 464 g/mol. The third kappa shape index (κ3) is 26.3. The number of esters is 1. The number of unbranched alkanes of at least 4 members (excludes halogenated alkanes) is 16. The van der Waals surface area contributed by atoms with Crippen molar-refractivity contribution in [1.29, 1.82) is 0 Å². The van der Waals surface area contributed by atoms with Gasteiger partial charge in [-0.05, 0) is 45.3 Å². The van der Waals surface area contributed by atoms with Crippen molar-refractivity contribution >= 4 is 11.9 Å². The maximum absolute atomic E-state index is 11.5. The molecule has 0 aromatic heterocycles. The molecule has 0 aliphatic heterocycles. The highest BCUT2D eigenvalue weighted by molar-refractivity contribution is 5.69. The van der Waals surface area contributed by atoms with E-state index in [4.69, 9.17) is 4.74 Å². The fourth-order valence-electron chi connectivity index (χ4n) is 4.90. The summed E-state index contributed by atoms with van der Waals surface area (Å²) in [6.45, 7) is 9.57. The average Bonchev–Trinajstić information content (AvgIpc) is 2.88. The monoisotopic (exact) mass is 526 g/mol. The number of hydrogen-bond donors (Lipinski definition) is 1. The van der Waals surface area contributed by atoms with Gasteiger partial charge >= 0.3 is 11.9 Å². The molecule has 1 N–H and O–H groups in total. The average molecular weight is 527 g/mol. The van der Waals surface area contributed by atoms with Crippen LogP contribution in [-0.2, 0) is 14.3 Å². The summed E-state index contributed by atoms with van der Waals surface area (Å²) in [5, 5.41) is 9.42. The lowest BCUT2D eigenvalue weighted by Gasteiger charge is -2.27. The third-order valence-electron chi connectivity index (χ3n) is 7.33. The van der Waals surface area contributed by atoms with Crippen LogP contribution in [0.3, 0.4) is 0 Å². The second kappa shape index (κ2) is 27.9. The number of carbonyl (C=O) groups excluding carboxylic acids is 1. The zero-order valence-electron chi connectivity index (χ0n) is 25.0. The quantitative estimate of drug-likeness (QED) is 0.0796. The second-order valence-corrected chi connectivity index (χ2v) is 10.8. The standard InChI is InChI=1S/C31H62N2O4/c1-4-6-8-10-12-16-20-24-32(25-21-18-14-15-19-23-31(36)37-3)27-28-33(29-30(34)35)26-22-17-13-11-9-7-5-2/h4-29H2,1-3H3,(H,34,35). The number of methoxy groups -OCH3 is 1. The first-order valence-electron chi connectivity index (χ1n) is 15.8. The number of aliphatic carboxylic acids is 1. The summed E-state index contributed by atoms with van der Waals surface area (Å²) < 4.78 is 4.72. The normalized spacial score (nSPS) is 11.5. The van der Waals surface area contributed by atoms with Crippen LogP contribution in [0.4, 0.5) is 0 Å². The van der Waals surface area contributed by atoms with E-state index < -0.39 is 5.97 Å². The van der Waals surface area contributed by atoms with Crippen LogP contribution in [0.25, 0.3) is 0 Å². The molecule has 0 bridgehead atoms. The summed E-state index contributed by atoms with van der Waals surface area (Å²) in [5.74, 6) is -0.822. The molecule has 0 aliphatic rings. The molecule has 0 spiro atoms. The van der Waals surface area contributed by atoms with E-state index in [1.54, 1.807) is 0 Å². The molecule has 0 saturated heterocycles. The summed E-state index contributed by atoms with van der Waals surface area (Å²) in [5.41, 5.74) is 0. The molecule has 0 heterocycles. The minimum Gasteiger partial charge on any atom is -0.480 e. The smallest absolute Gasteiger partial charge is 0.317 e. The van der Waals surface area contributed by atoms with Gasteiger partial charge in [0.15, 0.2) is 0 Å². The molecule has 0 unspecified atom stereocenters. The summed E-state index contributed by atoms with van der Waals surface area (Å²) in [7, 11) is 1.45. The highest BCUT2D eigenvalue weighted by atomic mass is 16.5. The lowest BCUT2D eigenvalue weighted by atomic mass is 10.1. The Morgan fingerprint density at radius 3 is 1.35 bits per heavy atom. The van der Waals surface area contributed by atoms with Crippen LogP contribution in [-0.4, -0.2) is 73.2 Å². The first-order chi connectivity index (χ1) is 18.0. The molecule has 0 saturated carbocycles. The van der Waals surface area contributed by atoms with Crippen LogP contribution < -0.4 is 0 Å². The Morgan fingerprint density at radius 2 is 0.919 bits per heavy atom. The molecule has 0 aromatic rings. The number of rotatable bonds is 29. The summed E-state index contributed by atoms with van der Waals surface area (Å²) in [4.78, 5) is 27.4. The van der Waals surface area contributed by atoms with E-state index in [1.165, 1.54) is 103 Å². The Hall–Kier alpha value is -1.14. The predicted molar refractivity (Wildman–Crippen MR) is 156 cm³/mol. The largest absolute Gasteiger partial charge is 0.480 e. The van der Waals surface area contributed by atoms with Gasteiger partial charge in [-0.15, -0.1) is 0 Å². The first-order valence-corrected chi connectivity index (χ1v) is 15.8. The maximum atomic E-state index is 11.5. The van der Waals surface area contributed by atoms with Crippen molar-refractivity contribution in [3.63, 3.8) is 0 Å². The van der Waals surface area contributed by atoms with Crippen LogP contribution >= 0.6 is 0 Å². The van der Waals surface area contributed by atoms with E-state index in [9.17, 15) is 14.7 Å². The number of ether oxygens (including phenoxy) is 1. The van der Waals surface area contributed by atoms with Crippen molar-refractivity contribution in [2.45, 2.75) is 142 Å². The van der Waals surface area contributed by atoms with E-state index >= 15 is 0 Å². The number of carboxylic acids is 1. The predicted octanol–water partition coefficient (Wildman–Crippen LogP) is 7.69. The van der Waals surface area contributed by atoms with Crippen LogP contribution in [0.15, 0.2) is 0 Å². The van der Waals surface area contributed by atoms with Gasteiger partial charge in [0.2, 0.25) is 0 Å². The maximum Gasteiger partial charge on any atom is 0.317 e. The second-order valence-electron chi connectivity index (χ2n) is 10.8. The minimum absolute atomic E-state index is 0.108. The molecule has 0 fully saturated rings. The van der Waals surface area contributed by atoms with Crippen molar-refractivity contribution in [3.05, 3.63) is 0 Å². The van der Waals surface area contributed by atoms with Gasteiger partial charge in [0.25, 0.3) is 0 Å². The van der Waals surface area contributed by atoms with Crippen LogP contribution in [0.1, 0.15) is 142 Å². The molecule has 0 aliphatic carbocycles. The molecule has 6 heteroatoms. The Bertz CT molecular complexity index is 515. The van der Waals surface area contributed by atoms with Crippen molar-refractivity contribution in [2.75, 3.05) is 46.4 Å². The SMILES string of the molecule is CCCCCCCCCN(CCCCCCCC(=O)OC)CCN(CCCCCCCCC)CC(=O)O. The highest BCUT2D eigenvalue weighted by Gasteiger charge is 2.12. The number of carboxylic acid groups (broad SMARTS) is 1. The van der Waals surface area contributed by atoms with Gasteiger partial charge < -0.3 is 14.7 Å². The third-order valence-corrected chi connectivity index (χ3v) is 7.33. The van der Waals surface area contributed by atoms with Crippen molar-refractivity contribution in [2.24, 2.45) is 0 Å². The van der Waals surface area contributed by atoms with Gasteiger partial charge in [0.05, 0.1) is 13.7 Å². The van der Waals surface area contributed by atoms with Crippen molar-refractivity contribution in [3.8, 4) is 0 Å². The van der Waals surface area contributed by atoms with Gasteiger partial charge in [0.1, 0.15) is 0 Å². The van der Waals surface area contributed by atoms with Crippen molar-refractivity contribution in [1.82, 2.24) is 9.80 Å². The first kappa shape index (κ1) is 35.9. The lowest BCUT2D eigenvalue weighted by molar-refractivity contribution is -0.141. The van der Waals surface area contributed by atoms with E-state index in [-0.39, 0.29) is 12.5 Å². The van der Waals surface area contributed by atoms with Crippen LogP contribution in [0.5, 0.6) is 0 Å². The topological polar surface area (TPSA) is 70.1 Å². The number of hydrogen-bond acceptors (Lipinski definition) is 5. The Balaban J connectivity index is 4.42. The van der Waals surface area contributed by atoms with E-state index in [2.05, 4.69) is 23.6 Å². The van der Waals surface area contributed by atoms with Gasteiger partial charge in [-0.1, -0.05) is 110 Å².